The fourth-order valence-electron chi connectivity index (χ4n) is 2.42. The molecule has 114 valence electrons. The van der Waals surface area contributed by atoms with Gasteiger partial charge in [0.2, 0.25) is 0 Å². The fourth-order valence-corrected chi connectivity index (χ4v) is 2.42. The van der Waals surface area contributed by atoms with Gasteiger partial charge in [-0.25, -0.2) is 14.8 Å². The van der Waals surface area contributed by atoms with Crippen molar-refractivity contribution in [2.45, 2.75) is 13.3 Å². The van der Waals surface area contributed by atoms with Crippen LogP contribution in [0.1, 0.15) is 27.3 Å². The molecule has 0 saturated heterocycles. The summed E-state index contributed by atoms with van der Waals surface area (Å²) >= 11 is 0. The Morgan fingerprint density at radius 3 is 2.61 bits per heavy atom. The van der Waals surface area contributed by atoms with Crippen LogP contribution in [0.2, 0.25) is 0 Å². The van der Waals surface area contributed by atoms with E-state index in [0.29, 0.717) is 12.2 Å². The zero-order chi connectivity index (χ0) is 16.2. The largest absolute Gasteiger partial charge is 0.478 e. The normalized spacial score (nSPS) is 10.5. The highest BCUT2D eigenvalue weighted by molar-refractivity contribution is 5.87. The first-order chi connectivity index (χ1) is 11.1. The molecule has 0 spiro atoms. The van der Waals surface area contributed by atoms with Gasteiger partial charge >= 0.3 is 5.97 Å². The maximum atomic E-state index is 11.1. The molecular weight excluding hydrogens is 288 g/mol. The second-order valence-corrected chi connectivity index (χ2v) is 5.35. The van der Waals surface area contributed by atoms with Gasteiger partial charge in [0, 0.05) is 18.2 Å². The van der Waals surface area contributed by atoms with Crippen molar-refractivity contribution < 1.29 is 9.90 Å². The van der Waals surface area contributed by atoms with Gasteiger partial charge in [0.1, 0.15) is 5.82 Å². The summed E-state index contributed by atoms with van der Waals surface area (Å²) in [5.74, 6) is -0.248. The molecule has 4 heteroatoms. The summed E-state index contributed by atoms with van der Waals surface area (Å²) in [6, 6.07) is 16.9. The van der Waals surface area contributed by atoms with E-state index in [4.69, 9.17) is 5.11 Å². The molecule has 0 saturated carbocycles. The first-order valence-corrected chi connectivity index (χ1v) is 7.33. The molecule has 4 nitrogen and oxygen atoms in total. The van der Waals surface area contributed by atoms with E-state index in [-0.39, 0.29) is 5.56 Å². The number of nitrogens with zero attached hydrogens (tertiary/aromatic N) is 2. The van der Waals surface area contributed by atoms with Crippen LogP contribution in [-0.2, 0) is 6.42 Å². The minimum atomic E-state index is -0.926. The standard InChI is InChI=1S/C19H16N2O2/c1-13-7-8-15(19(22)23)11-16(13)12-18-20-10-9-17(21-18)14-5-3-2-4-6-14/h2-11H,12H2,1H3,(H,22,23). The molecule has 1 heterocycles. The maximum absolute atomic E-state index is 11.1. The average molecular weight is 304 g/mol. The van der Waals surface area contributed by atoms with Gasteiger partial charge in [0.25, 0.3) is 0 Å². The van der Waals surface area contributed by atoms with Crippen LogP contribution in [0.5, 0.6) is 0 Å². The number of hydrogen-bond acceptors (Lipinski definition) is 3. The van der Waals surface area contributed by atoms with Crippen LogP contribution in [0.4, 0.5) is 0 Å². The van der Waals surface area contributed by atoms with Crippen LogP contribution >= 0.6 is 0 Å². The molecule has 0 fully saturated rings. The molecule has 23 heavy (non-hydrogen) atoms. The van der Waals surface area contributed by atoms with Gasteiger partial charge in [-0.2, -0.15) is 0 Å². The van der Waals surface area contributed by atoms with E-state index in [1.165, 1.54) is 0 Å². The van der Waals surface area contributed by atoms with Crippen LogP contribution in [0.15, 0.2) is 60.8 Å². The van der Waals surface area contributed by atoms with Gasteiger partial charge in [0.15, 0.2) is 0 Å². The lowest BCUT2D eigenvalue weighted by Crippen LogP contribution is -2.02. The van der Waals surface area contributed by atoms with Crippen LogP contribution in [0, 0.1) is 6.92 Å². The zero-order valence-corrected chi connectivity index (χ0v) is 12.7. The summed E-state index contributed by atoms with van der Waals surface area (Å²) in [7, 11) is 0. The number of carbonyl (C=O) groups is 1. The number of aromatic nitrogens is 2. The molecule has 0 radical (unpaired) electrons. The highest BCUT2D eigenvalue weighted by Crippen LogP contribution is 2.18. The molecule has 0 amide bonds. The summed E-state index contributed by atoms with van der Waals surface area (Å²) in [6.07, 6.45) is 2.24. The summed E-state index contributed by atoms with van der Waals surface area (Å²) in [4.78, 5) is 20.0. The first-order valence-electron chi connectivity index (χ1n) is 7.33. The van der Waals surface area contributed by atoms with Crippen molar-refractivity contribution in [1.29, 1.82) is 0 Å². The smallest absolute Gasteiger partial charge is 0.335 e. The van der Waals surface area contributed by atoms with Gasteiger partial charge in [-0.3, -0.25) is 0 Å². The van der Waals surface area contributed by atoms with E-state index in [1.54, 1.807) is 18.3 Å². The van der Waals surface area contributed by atoms with Gasteiger partial charge < -0.3 is 5.11 Å². The van der Waals surface area contributed by atoms with Crippen LogP contribution in [-0.4, -0.2) is 21.0 Å². The molecule has 2 aromatic carbocycles. The number of aromatic carboxylic acids is 1. The second-order valence-electron chi connectivity index (χ2n) is 5.35. The van der Waals surface area contributed by atoms with Crippen LogP contribution in [0.3, 0.4) is 0 Å². The quantitative estimate of drug-likeness (QED) is 0.797. The van der Waals surface area contributed by atoms with Gasteiger partial charge in [-0.1, -0.05) is 36.4 Å². The predicted octanol–water partition coefficient (Wildman–Crippen LogP) is 3.74. The third-order valence-electron chi connectivity index (χ3n) is 3.72. The lowest BCUT2D eigenvalue weighted by molar-refractivity contribution is 0.0696. The molecule has 0 aliphatic carbocycles. The number of hydrogen-bond donors (Lipinski definition) is 1. The van der Waals surface area contributed by atoms with E-state index < -0.39 is 5.97 Å². The fraction of sp³-hybridized carbons (Fsp3) is 0.105. The lowest BCUT2D eigenvalue weighted by atomic mass is 10.0. The minimum absolute atomic E-state index is 0.282. The molecule has 0 aliphatic heterocycles. The Balaban J connectivity index is 1.92. The Morgan fingerprint density at radius 2 is 1.87 bits per heavy atom. The average Bonchev–Trinajstić information content (AvgIpc) is 2.58. The Morgan fingerprint density at radius 1 is 1.09 bits per heavy atom. The molecule has 0 unspecified atom stereocenters. The van der Waals surface area contributed by atoms with Crippen LogP contribution in [0.25, 0.3) is 11.3 Å². The van der Waals surface area contributed by atoms with E-state index in [1.807, 2.05) is 49.4 Å². The van der Waals surface area contributed by atoms with Crippen molar-refractivity contribution in [3.8, 4) is 11.3 Å². The van der Waals surface area contributed by atoms with Crippen molar-refractivity contribution in [3.63, 3.8) is 0 Å². The summed E-state index contributed by atoms with van der Waals surface area (Å²) in [5, 5.41) is 9.13. The molecule has 0 atom stereocenters. The summed E-state index contributed by atoms with van der Waals surface area (Å²) in [6.45, 7) is 1.96. The van der Waals surface area contributed by atoms with E-state index in [2.05, 4.69) is 9.97 Å². The van der Waals surface area contributed by atoms with E-state index in [0.717, 1.165) is 22.4 Å². The molecule has 1 aromatic heterocycles. The number of carboxylic acids is 1. The number of rotatable bonds is 4. The summed E-state index contributed by atoms with van der Waals surface area (Å²) in [5.41, 5.74) is 4.14. The number of carboxylic acid groups (broad SMARTS) is 1. The highest BCUT2D eigenvalue weighted by atomic mass is 16.4. The minimum Gasteiger partial charge on any atom is -0.478 e. The van der Waals surface area contributed by atoms with Crippen molar-refractivity contribution in [3.05, 3.63) is 83.3 Å². The zero-order valence-electron chi connectivity index (χ0n) is 12.7. The van der Waals surface area contributed by atoms with Gasteiger partial charge in [-0.15, -0.1) is 0 Å². The summed E-state index contributed by atoms with van der Waals surface area (Å²) < 4.78 is 0. The van der Waals surface area contributed by atoms with Crippen molar-refractivity contribution in [2.75, 3.05) is 0 Å². The van der Waals surface area contributed by atoms with Gasteiger partial charge in [0.05, 0.1) is 11.3 Å². The SMILES string of the molecule is Cc1ccc(C(=O)O)cc1Cc1nccc(-c2ccccc2)n1. The molecule has 1 N–H and O–H groups in total. The third-order valence-corrected chi connectivity index (χ3v) is 3.72. The third kappa shape index (κ3) is 3.43. The molecule has 3 rings (SSSR count). The van der Waals surface area contributed by atoms with Crippen molar-refractivity contribution >= 4 is 5.97 Å². The number of benzene rings is 2. The van der Waals surface area contributed by atoms with Gasteiger partial charge in [-0.05, 0) is 36.2 Å². The first kappa shape index (κ1) is 14.9. The molecule has 3 aromatic rings. The predicted molar refractivity (Wildman–Crippen MR) is 88.4 cm³/mol. The van der Waals surface area contributed by atoms with Crippen LogP contribution < -0.4 is 0 Å². The topological polar surface area (TPSA) is 63.1 Å². The second kappa shape index (κ2) is 6.40. The Labute approximate surface area is 134 Å². The molecule has 0 bridgehead atoms. The Hall–Kier alpha value is -3.01. The van der Waals surface area contributed by atoms with Crippen molar-refractivity contribution in [2.24, 2.45) is 0 Å². The number of aryl methyl sites for hydroxylation is 1. The monoisotopic (exact) mass is 304 g/mol. The Bertz CT molecular complexity index is 845. The lowest BCUT2D eigenvalue weighted by Gasteiger charge is -2.08. The Kier molecular flexibility index (Phi) is 4.15. The van der Waals surface area contributed by atoms with E-state index >= 15 is 0 Å². The molecular formula is C19H16N2O2. The highest BCUT2D eigenvalue weighted by Gasteiger charge is 2.09. The maximum Gasteiger partial charge on any atom is 0.335 e. The van der Waals surface area contributed by atoms with E-state index in [9.17, 15) is 4.79 Å². The molecule has 0 aliphatic rings. The van der Waals surface area contributed by atoms with Crippen molar-refractivity contribution in [1.82, 2.24) is 9.97 Å².